The highest BCUT2D eigenvalue weighted by molar-refractivity contribution is 7.99. The third kappa shape index (κ3) is 4.42. The molecule has 0 aliphatic carbocycles. The number of hydrogen-bond donors (Lipinski definition) is 2. The molecule has 0 saturated carbocycles. The highest BCUT2D eigenvalue weighted by Crippen LogP contribution is 2.20. The van der Waals surface area contributed by atoms with Crippen molar-refractivity contribution >= 4 is 29.0 Å². The van der Waals surface area contributed by atoms with Gasteiger partial charge in [0.15, 0.2) is 5.82 Å². The number of hydrogen-bond acceptors (Lipinski definition) is 6. The Hall–Kier alpha value is -3.20. The van der Waals surface area contributed by atoms with Crippen molar-refractivity contribution in [1.29, 1.82) is 0 Å². The largest absolute Gasteiger partial charge is 0.325 e. The van der Waals surface area contributed by atoms with Gasteiger partial charge in [0.05, 0.1) is 10.7 Å². The van der Waals surface area contributed by atoms with Gasteiger partial charge in [0, 0.05) is 23.4 Å². The molecule has 1 heterocycles. The number of carbonyl (C=O) groups excluding carboxylic acids is 1. The monoisotopic (exact) mass is 355 g/mol. The topological polar surface area (TPSA) is 114 Å². The van der Waals surface area contributed by atoms with E-state index in [9.17, 15) is 14.9 Å². The van der Waals surface area contributed by atoms with Crippen LogP contribution in [0.15, 0.2) is 59.8 Å². The first-order valence-electron chi connectivity index (χ1n) is 7.27. The molecule has 0 bridgehead atoms. The molecule has 126 valence electrons. The van der Waals surface area contributed by atoms with Gasteiger partial charge in [0.1, 0.15) is 0 Å². The van der Waals surface area contributed by atoms with Gasteiger partial charge in [-0.05, 0) is 12.1 Å². The van der Waals surface area contributed by atoms with Gasteiger partial charge < -0.3 is 5.32 Å². The number of rotatable bonds is 6. The number of nitro benzene ring substituents is 1. The second kappa shape index (κ2) is 7.58. The van der Waals surface area contributed by atoms with Gasteiger partial charge in [-0.2, -0.15) is 0 Å². The highest BCUT2D eigenvalue weighted by atomic mass is 32.2. The predicted molar refractivity (Wildman–Crippen MR) is 94.3 cm³/mol. The quantitative estimate of drug-likeness (QED) is 0.399. The zero-order valence-corrected chi connectivity index (χ0v) is 13.7. The van der Waals surface area contributed by atoms with Crippen molar-refractivity contribution < 1.29 is 9.72 Å². The summed E-state index contributed by atoms with van der Waals surface area (Å²) in [7, 11) is 0. The molecule has 1 amide bonds. The van der Waals surface area contributed by atoms with Gasteiger partial charge in [-0.15, -0.1) is 5.10 Å². The number of H-pyrrole nitrogens is 1. The summed E-state index contributed by atoms with van der Waals surface area (Å²) >= 11 is 1.20. The van der Waals surface area contributed by atoms with Crippen LogP contribution < -0.4 is 5.32 Å². The lowest BCUT2D eigenvalue weighted by molar-refractivity contribution is -0.384. The first-order chi connectivity index (χ1) is 12.1. The van der Waals surface area contributed by atoms with E-state index >= 15 is 0 Å². The van der Waals surface area contributed by atoms with Crippen molar-refractivity contribution in [2.45, 2.75) is 5.16 Å². The van der Waals surface area contributed by atoms with E-state index in [2.05, 4.69) is 20.5 Å². The Kier molecular flexibility index (Phi) is 5.05. The molecule has 9 heteroatoms. The molecular weight excluding hydrogens is 342 g/mol. The number of aromatic amines is 1. The van der Waals surface area contributed by atoms with E-state index in [1.54, 1.807) is 0 Å². The lowest BCUT2D eigenvalue weighted by Crippen LogP contribution is -2.14. The van der Waals surface area contributed by atoms with Crippen LogP contribution in [0.25, 0.3) is 11.4 Å². The fourth-order valence-corrected chi connectivity index (χ4v) is 2.63. The molecule has 0 unspecified atom stereocenters. The third-order valence-corrected chi connectivity index (χ3v) is 4.05. The number of aromatic nitrogens is 3. The number of nitro groups is 1. The second-order valence-corrected chi connectivity index (χ2v) is 5.92. The van der Waals surface area contributed by atoms with Crippen LogP contribution in [0.4, 0.5) is 11.4 Å². The predicted octanol–water partition coefficient (Wildman–Crippen LogP) is 3.11. The Bertz CT molecular complexity index is 880. The smallest absolute Gasteiger partial charge is 0.269 e. The highest BCUT2D eigenvalue weighted by Gasteiger charge is 2.10. The van der Waals surface area contributed by atoms with Gasteiger partial charge in [0.2, 0.25) is 11.1 Å². The number of non-ortho nitro benzene ring substituents is 1. The number of carbonyl (C=O) groups is 1. The fourth-order valence-electron chi connectivity index (χ4n) is 2.03. The first kappa shape index (κ1) is 16.7. The van der Waals surface area contributed by atoms with Gasteiger partial charge in [0.25, 0.3) is 5.69 Å². The van der Waals surface area contributed by atoms with Crippen LogP contribution in [0, 0.1) is 10.1 Å². The van der Waals surface area contributed by atoms with Crippen LogP contribution in [0.5, 0.6) is 0 Å². The molecule has 0 atom stereocenters. The molecule has 0 aliphatic heterocycles. The van der Waals surface area contributed by atoms with Crippen LogP contribution in [0.1, 0.15) is 0 Å². The number of anilines is 1. The molecule has 0 radical (unpaired) electrons. The molecule has 0 fully saturated rings. The Morgan fingerprint density at radius 3 is 2.56 bits per heavy atom. The molecule has 3 aromatic rings. The summed E-state index contributed by atoms with van der Waals surface area (Å²) in [6, 6.07) is 15.2. The summed E-state index contributed by atoms with van der Waals surface area (Å²) in [4.78, 5) is 26.4. The molecule has 0 saturated heterocycles. The Balaban J connectivity index is 1.54. The third-order valence-electron chi connectivity index (χ3n) is 3.21. The maximum atomic E-state index is 11.9. The normalized spacial score (nSPS) is 10.4. The number of nitrogens with one attached hydrogen (secondary N) is 2. The van der Waals surface area contributed by atoms with Crippen molar-refractivity contribution in [3.63, 3.8) is 0 Å². The van der Waals surface area contributed by atoms with E-state index in [-0.39, 0.29) is 17.3 Å². The van der Waals surface area contributed by atoms with Crippen LogP contribution in [0.3, 0.4) is 0 Å². The molecule has 8 nitrogen and oxygen atoms in total. The van der Waals surface area contributed by atoms with Gasteiger partial charge >= 0.3 is 0 Å². The first-order valence-corrected chi connectivity index (χ1v) is 8.25. The molecule has 2 N–H and O–H groups in total. The zero-order valence-electron chi connectivity index (χ0n) is 12.9. The number of nitrogens with zero attached hydrogens (tertiary/aromatic N) is 3. The Labute approximate surface area is 146 Å². The Morgan fingerprint density at radius 2 is 1.88 bits per heavy atom. The van der Waals surface area contributed by atoms with Crippen molar-refractivity contribution in [2.24, 2.45) is 0 Å². The van der Waals surface area contributed by atoms with Crippen LogP contribution in [0.2, 0.25) is 0 Å². The summed E-state index contributed by atoms with van der Waals surface area (Å²) < 4.78 is 0. The Morgan fingerprint density at radius 1 is 1.16 bits per heavy atom. The summed E-state index contributed by atoms with van der Waals surface area (Å²) in [5.74, 6) is 0.520. The van der Waals surface area contributed by atoms with Gasteiger partial charge in [-0.1, -0.05) is 42.1 Å². The lowest BCUT2D eigenvalue weighted by Gasteiger charge is -2.03. The minimum atomic E-state index is -0.491. The van der Waals surface area contributed by atoms with Crippen molar-refractivity contribution in [3.05, 3.63) is 64.7 Å². The van der Waals surface area contributed by atoms with Gasteiger partial charge in [-0.3, -0.25) is 20.0 Å². The average molecular weight is 355 g/mol. The van der Waals surface area contributed by atoms with Crippen molar-refractivity contribution in [1.82, 2.24) is 15.2 Å². The molecule has 0 spiro atoms. The molecule has 2 aromatic carbocycles. The standard InChI is InChI=1S/C16H13N5O3S/c22-14(17-12-6-8-13(9-7-12)21(23)24)10-25-16-18-15(19-20-16)11-4-2-1-3-5-11/h1-9H,10H2,(H,17,22)(H,18,19,20). The lowest BCUT2D eigenvalue weighted by atomic mass is 10.2. The zero-order chi connectivity index (χ0) is 17.6. The van der Waals surface area contributed by atoms with Crippen LogP contribution >= 0.6 is 11.8 Å². The van der Waals surface area contributed by atoms with Crippen molar-refractivity contribution in [3.8, 4) is 11.4 Å². The number of benzene rings is 2. The van der Waals surface area contributed by atoms with Gasteiger partial charge in [-0.25, -0.2) is 4.98 Å². The maximum absolute atomic E-state index is 11.9. The van der Waals surface area contributed by atoms with E-state index < -0.39 is 4.92 Å². The molecule has 0 aliphatic rings. The molecular formula is C16H13N5O3S. The fraction of sp³-hybridized carbons (Fsp3) is 0.0625. The van der Waals surface area contributed by atoms with E-state index in [4.69, 9.17) is 0 Å². The maximum Gasteiger partial charge on any atom is 0.269 e. The number of amides is 1. The average Bonchev–Trinajstić information content (AvgIpc) is 3.10. The summed E-state index contributed by atoms with van der Waals surface area (Å²) in [5.41, 5.74) is 1.38. The summed E-state index contributed by atoms with van der Waals surface area (Å²) in [6.45, 7) is 0. The van der Waals surface area contributed by atoms with Crippen LogP contribution in [-0.4, -0.2) is 31.8 Å². The number of thioether (sulfide) groups is 1. The molecule has 3 rings (SSSR count). The summed E-state index contributed by atoms with van der Waals surface area (Å²) in [5, 5.41) is 20.6. The van der Waals surface area contributed by atoms with Crippen LogP contribution in [-0.2, 0) is 4.79 Å². The molecule has 1 aromatic heterocycles. The van der Waals surface area contributed by atoms with E-state index in [1.165, 1.54) is 36.0 Å². The minimum absolute atomic E-state index is 0.0264. The van der Waals surface area contributed by atoms with Crippen molar-refractivity contribution in [2.75, 3.05) is 11.1 Å². The van der Waals surface area contributed by atoms with E-state index in [1.807, 2.05) is 30.3 Å². The van der Waals surface area contributed by atoms with E-state index in [0.29, 0.717) is 16.7 Å². The molecule has 25 heavy (non-hydrogen) atoms. The summed E-state index contributed by atoms with van der Waals surface area (Å²) in [6.07, 6.45) is 0. The minimum Gasteiger partial charge on any atom is -0.325 e. The van der Waals surface area contributed by atoms with E-state index in [0.717, 1.165) is 5.56 Å². The SMILES string of the molecule is O=C(CSc1n[nH]c(-c2ccccc2)n1)Nc1ccc([N+](=O)[O-])cc1. The second-order valence-electron chi connectivity index (χ2n) is 4.97.